The minimum atomic E-state index is -1.09. The standard InChI is InChI=1S/C24H45NO4.2Na/c1-2-3-4-5-6-7-8-9-10-11-12-13-14-15-16-17-20-25(21-18-23(26)27)22-19-24(28)29;;/h9-10H,2-8,11-22H2,1H3,(H,26,27)(H,28,29);;/q;2*+1/p-2. The van der Waals surface area contributed by atoms with E-state index >= 15 is 0 Å². The van der Waals surface area contributed by atoms with Crippen LogP contribution in [0.4, 0.5) is 0 Å². The molecular weight excluding hydrogens is 412 g/mol. The van der Waals surface area contributed by atoms with Crippen molar-refractivity contribution in [3.05, 3.63) is 12.2 Å². The maximum Gasteiger partial charge on any atom is 1.00 e. The van der Waals surface area contributed by atoms with E-state index in [9.17, 15) is 19.8 Å². The Morgan fingerprint density at radius 3 is 1.42 bits per heavy atom. The molecule has 0 unspecified atom stereocenters. The Morgan fingerprint density at radius 2 is 1.00 bits per heavy atom. The van der Waals surface area contributed by atoms with Gasteiger partial charge in [-0.2, -0.15) is 0 Å². The number of carboxylic acid groups (broad SMARTS) is 2. The van der Waals surface area contributed by atoms with Gasteiger partial charge in [-0.3, -0.25) is 0 Å². The average Bonchev–Trinajstić information content (AvgIpc) is 2.68. The molecule has 0 heterocycles. The Kier molecular flexibility index (Phi) is 33.5. The van der Waals surface area contributed by atoms with Gasteiger partial charge >= 0.3 is 59.1 Å². The van der Waals surface area contributed by atoms with Crippen LogP contribution < -0.4 is 69.3 Å². The zero-order chi connectivity index (χ0) is 21.6. The number of hydrogen-bond donors (Lipinski definition) is 0. The van der Waals surface area contributed by atoms with Gasteiger partial charge in [0.25, 0.3) is 0 Å². The zero-order valence-corrected chi connectivity index (χ0v) is 24.7. The van der Waals surface area contributed by atoms with Gasteiger partial charge in [-0.25, -0.2) is 0 Å². The van der Waals surface area contributed by atoms with Crippen LogP contribution in [0.3, 0.4) is 0 Å². The molecule has 7 heteroatoms. The van der Waals surface area contributed by atoms with Crippen molar-refractivity contribution in [3.63, 3.8) is 0 Å². The van der Waals surface area contributed by atoms with Gasteiger partial charge in [0.2, 0.25) is 0 Å². The summed E-state index contributed by atoms with van der Waals surface area (Å²) in [5.41, 5.74) is 0. The number of hydrogen-bond acceptors (Lipinski definition) is 5. The molecule has 0 aliphatic carbocycles. The molecule has 0 rings (SSSR count). The Balaban J connectivity index is -0.00000392. The van der Waals surface area contributed by atoms with E-state index < -0.39 is 11.9 Å². The molecule has 0 spiro atoms. The molecule has 0 aromatic carbocycles. The van der Waals surface area contributed by atoms with Gasteiger partial charge in [-0.05, 0) is 51.5 Å². The van der Waals surface area contributed by atoms with Crippen LogP contribution in [0.25, 0.3) is 0 Å². The number of rotatable bonds is 22. The van der Waals surface area contributed by atoms with Crippen LogP contribution in [0.5, 0.6) is 0 Å². The average molecular weight is 456 g/mol. The molecule has 0 aliphatic heterocycles. The normalized spacial score (nSPS) is 10.8. The quantitative estimate of drug-likeness (QED) is 0.103. The first-order valence-electron chi connectivity index (χ1n) is 11.8. The molecule has 0 bridgehead atoms. The predicted molar refractivity (Wildman–Crippen MR) is 115 cm³/mol. The van der Waals surface area contributed by atoms with E-state index in [-0.39, 0.29) is 72.0 Å². The van der Waals surface area contributed by atoms with Crippen molar-refractivity contribution in [2.75, 3.05) is 19.6 Å². The van der Waals surface area contributed by atoms with E-state index in [2.05, 4.69) is 19.1 Å². The van der Waals surface area contributed by atoms with Crippen LogP contribution in [0, 0.1) is 0 Å². The smallest absolute Gasteiger partial charge is 0.550 e. The summed E-state index contributed by atoms with van der Waals surface area (Å²) in [6.07, 6.45) is 22.1. The van der Waals surface area contributed by atoms with Crippen molar-refractivity contribution in [3.8, 4) is 0 Å². The SMILES string of the molecule is CCCCCCCCC=CCCCCCCCCN(CCC(=O)[O-])CCC(=O)[O-].[Na+].[Na+]. The van der Waals surface area contributed by atoms with Gasteiger partial charge in [-0.1, -0.05) is 76.9 Å². The fourth-order valence-corrected chi connectivity index (χ4v) is 3.42. The van der Waals surface area contributed by atoms with Crippen LogP contribution in [0.1, 0.15) is 110 Å². The molecule has 0 saturated carbocycles. The third-order valence-electron chi connectivity index (χ3n) is 5.25. The van der Waals surface area contributed by atoms with Gasteiger partial charge in [-0.15, -0.1) is 0 Å². The molecule has 0 saturated heterocycles. The first kappa shape index (κ1) is 36.2. The van der Waals surface area contributed by atoms with E-state index in [0.717, 1.165) is 19.4 Å². The van der Waals surface area contributed by atoms with Crippen molar-refractivity contribution < 1.29 is 78.9 Å². The summed E-state index contributed by atoms with van der Waals surface area (Å²) < 4.78 is 0. The zero-order valence-electron chi connectivity index (χ0n) is 20.7. The van der Waals surface area contributed by atoms with Crippen molar-refractivity contribution in [2.45, 2.75) is 110 Å². The van der Waals surface area contributed by atoms with Gasteiger partial charge in [0.15, 0.2) is 0 Å². The predicted octanol–water partition coefficient (Wildman–Crippen LogP) is -2.39. The third-order valence-corrected chi connectivity index (χ3v) is 5.25. The molecule has 0 aliphatic rings. The Bertz CT molecular complexity index is 416. The number of carbonyl (C=O) groups is 2. The first-order chi connectivity index (χ1) is 14.1. The van der Waals surface area contributed by atoms with Crippen molar-refractivity contribution >= 4 is 11.9 Å². The molecule has 170 valence electrons. The number of carboxylic acids is 2. The fraction of sp³-hybridized carbons (Fsp3) is 0.833. The Hall–Kier alpha value is 0.640. The summed E-state index contributed by atoms with van der Waals surface area (Å²) >= 11 is 0. The van der Waals surface area contributed by atoms with E-state index in [4.69, 9.17) is 0 Å². The molecule has 0 atom stereocenters. The molecule has 0 aromatic rings. The molecule has 0 aromatic heterocycles. The summed E-state index contributed by atoms with van der Waals surface area (Å²) in [7, 11) is 0. The van der Waals surface area contributed by atoms with Crippen LogP contribution in [0.2, 0.25) is 0 Å². The summed E-state index contributed by atoms with van der Waals surface area (Å²) in [6.45, 7) is 3.69. The van der Waals surface area contributed by atoms with Crippen molar-refractivity contribution in [1.29, 1.82) is 0 Å². The molecule has 0 radical (unpaired) electrons. The van der Waals surface area contributed by atoms with Crippen LogP contribution >= 0.6 is 0 Å². The van der Waals surface area contributed by atoms with Crippen molar-refractivity contribution in [2.24, 2.45) is 0 Å². The molecular formula is C24H43NNa2O4. The van der Waals surface area contributed by atoms with E-state index in [1.54, 1.807) is 0 Å². The van der Waals surface area contributed by atoms with E-state index in [1.165, 1.54) is 77.0 Å². The summed E-state index contributed by atoms with van der Waals surface area (Å²) in [6, 6.07) is 0. The largest absolute Gasteiger partial charge is 1.00 e. The van der Waals surface area contributed by atoms with E-state index in [0.29, 0.717) is 13.1 Å². The number of allylic oxidation sites excluding steroid dienone is 2. The van der Waals surface area contributed by atoms with Gasteiger partial charge in [0.1, 0.15) is 0 Å². The monoisotopic (exact) mass is 455 g/mol. The van der Waals surface area contributed by atoms with Crippen LogP contribution in [-0.2, 0) is 9.59 Å². The number of carbonyl (C=O) groups excluding carboxylic acids is 2. The summed E-state index contributed by atoms with van der Waals surface area (Å²) in [4.78, 5) is 23.1. The Morgan fingerprint density at radius 1 is 0.613 bits per heavy atom. The number of aliphatic carboxylic acids is 2. The second-order valence-electron chi connectivity index (χ2n) is 8.02. The second-order valence-corrected chi connectivity index (χ2v) is 8.02. The fourth-order valence-electron chi connectivity index (χ4n) is 3.42. The molecule has 0 fully saturated rings. The minimum absolute atomic E-state index is 0. The maximum atomic E-state index is 10.6. The molecule has 31 heavy (non-hydrogen) atoms. The molecule has 0 N–H and O–H groups in total. The van der Waals surface area contributed by atoms with Gasteiger partial charge < -0.3 is 24.7 Å². The third kappa shape index (κ3) is 30.6. The van der Waals surface area contributed by atoms with Crippen LogP contribution in [-0.4, -0.2) is 36.5 Å². The summed E-state index contributed by atoms with van der Waals surface area (Å²) in [5.74, 6) is -2.19. The van der Waals surface area contributed by atoms with Crippen LogP contribution in [0.15, 0.2) is 12.2 Å². The van der Waals surface area contributed by atoms with Gasteiger partial charge in [0.05, 0.1) is 0 Å². The topological polar surface area (TPSA) is 83.5 Å². The number of unbranched alkanes of at least 4 members (excludes halogenated alkanes) is 12. The second kappa shape index (κ2) is 28.7. The molecule has 0 amide bonds. The summed E-state index contributed by atoms with van der Waals surface area (Å²) in [5, 5.41) is 21.2. The van der Waals surface area contributed by atoms with Crippen molar-refractivity contribution in [1.82, 2.24) is 4.90 Å². The molecule has 5 nitrogen and oxygen atoms in total. The number of nitrogens with zero attached hydrogens (tertiary/aromatic N) is 1. The maximum absolute atomic E-state index is 10.6. The van der Waals surface area contributed by atoms with E-state index in [1.807, 2.05) is 4.90 Å². The first-order valence-corrected chi connectivity index (χ1v) is 11.8. The Labute approximate surface area is 235 Å². The van der Waals surface area contributed by atoms with Gasteiger partial charge in [0, 0.05) is 25.0 Å². The minimum Gasteiger partial charge on any atom is -0.550 e.